The molecule has 13 heteroatoms. The summed E-state index contributed by atoms with van der Waals surface area (Å²) in [6.45, 7) is 2.10. The molecule has 39 heavy (non-hydrogen) atoms. The van der Waals surface area contributed by atoms with Gasteiger partial charge in [-0.05, 0) is 60.2 Å². The molecule has 1 aliphatic rings. The topological polar surface area (TPSA) is 107 Å². The summed E-state index contributed by atoms with van der Waals surface area (Å²) in [7, 11) is 7.83. The quantitative estimate of drug-likeness (QED) is 0.251. The number of hydrogen-bond acceptors (Lipinski definition) is 12. The average molecular weight is 612 g/mol. The van der Waals surface area contributed by atoms with Crippen molar-refractivity contribution >= 4 is 73.6 Å². The number of fused-ring (bicyclic) bond motifs is 1. The highest BCUT2D eigenvalue weighted by atomic mass is 79.9. The lowest BCUT2D eigenvalue weighted by molar-refractivity contribution is 0.398. The highest BCUT2D eigenvalue weighted by Crippen LogP contribution is 2.38. The van der Waals surface area contributed by atoms with Crippen molar-refractivity contribution in [2.45, 2.75) is 12.5 Å². The van der Waals surface area contributed by atoms with Gasteiger partial charge in [0.2, 0.25) is 11.8 Å². The van der Waals surface area contributed by atoms with E-state index in [0.717, 1.165) is 47.7 Å². The molecule has 0 saturated carbocycles. The number of benzene rings is 1. The number of aromatic nitrogens is 5. The molecular formula is C26H31BrN10OS. The van der Waals surface area contributed by atoms with Crippen LogP contribution in [-0.2, 0) is 0 Å². The largest absolute Gasteiger partial charge is 0.479 e. The second-order valence-corrected chi connectivity index (χ2v) is 11.0. The smallest absolute Gasteiger partial charge is 0.239 e. The predicted octanol–water partition coefficient (Wildman–Crippen LogP) is 4.93. The van der Waals surface area contributed by atoms with Gasteiger partial charge in [0.15, 0.2) is 0 Å². The molecule has 1 fully saturated rings. The number of pyridine rings is 1. The summed E-state index contributed by atoms with van der Waals surface area (Å²) in [5, 5.41) is 6.71. The first-order valence-corrected chi connectivity index (χ1v) is 14.4. The maximum atomic E-state index is 5.63. The second-order valence-electron chi connectivity index (χ2n) is 9.25. The van der Waals surface area contributed by atoms with Crippen LogP contribution in [0.1, 0.15) is 6.42 Å². The number of rotatable bonds is 9. The van der Waals surface area contributed by atoms with E-state index < -0.39 is 0 Å². The molecule has 0 radical (unpaired) electrons. The van der Waals surface area contributed by atoms with Crippen LogP contribution in [0.25, 0.3) is 11.0 Å². The first-order valence-electron chi connectivity index (χ1n) is 12.4. The molecular weight excluding hydrogens is 580 g/mol. The van der Waals surface area contributed by atoms with Crippen molar-refractivity contribution in [3.63, 3.8) is 0 Å². The SMILES string of the molecule is COc1nc(N(C)C2CCN(C)C2)ccc1Nc1ncc(Br)c(Nc2ccc3nccnc3c2N(C)SC)n1. The van der Waals surface area contributed by atoms with E-state index in [9.17, 15) is 0 Å². The van der Waals surface area contributed by atoms with Crippen LogP contribution in [0.4, 0.5) is 34.6 Å². The fraction of sp³-hybridized carbons (Fsp3) is 0.346. The summed E-state index contributed by atoms with van der Waals surface area (Å²) >= 11 is 5.17. The Labute approximate surface area is 240 Å². The van der Waals surface area contributed by atoms with Gasteiger partial charge < -0.3 is 29.5 Å². The molecule has 0 amide bonds. The number of likely N-dealkylation sites (N-methyl/N-ethyl adjacent to an activating group) is 2. The minimum absolute atomic E-state index is 0.402. The normalized spacial score (nSPS) is 15.4. The maximum Gasteiger partial charge on any atom is 0.239 e. The van der Waals surface area contributed by atoms with Gasteiger partial charge in [0, 0.05) is 51.5 Å². The minimum Gasteiger partial charge on any atom is -0.479 e. The molecule has 11 nitrogen and oxygen atoms in total. The van der Waals surface area contributed by atoms with Crippen LogP contribution in [0.2, 0.25) is 0 Å². The Morgan fingerprint density at radius 1 is 1.05 bits per heavy atom. The molecule has 1 unspecified atom stereocenters. The molecule has 0 bridgehead atoms. The van der Waals surface area contributed by atoms with E-state index in [2.05, 4.69) is 65.4 Å². The van der Waals surface area contributed by atoms with Gasteiger partial charge >= 0.3 is 0 Å². The van der Waals surface area contributed by atoms with E-state index in [0.29, 0.717) is 33.8 Å². The molecule has 1 aliphatic heterocycles. The summed E-state index contributed by atoms with van der Waals surface area (Å²) < 4.78 is 8.39. The van der Waals surface area contributed by atoms with Crippen molar-refractivity contribution in [2.75, 3.05) is 67.4 Å². The van der Waals surface area contributed by atoms with Gasteiger partial charge in [-0.25, -0.2) is 4.98 Å². The molecule has 0 spiro atoms. The number of nitrogens with zero attached hydrogens (tertiary/aromatic N) is 8. The van der Waals surface area contributed by atoms with Crippen molar-refractivity contribution < 1.29 is 4.74 Å². The number of anilines is 6. The van der Waals surface area contributed by atoms with Gasteiger partial charge in [0.25, 0.3) is 0 Å². The molecule has 204 valence electrons. The van der Waals surface area contributed by atoms with Gasteiger partial charge in [-0.2, -0.15) is 9.97 Å². The standard InChI is InChI=1S/C26H31BrN10OS/c1-35-13-10-16(15-35)36(2)21-9-8-20(25(33-21)38-4)32-26-30-14-17(27)24(34-26)31-19-7-6-18-22(29-12-11-28-18)23(19)37(3)39-5/h6-9,11-12,14,16H,10,13,15H2,1-5H3,(H2,30,31,32,34). The Morgan fingerprint density at radius 2 is 1.85 bits per heavy atom. The Bertz CT molecular complexity index is 1470. The zero-order chi connectivity index (χ0) is 27.5. The first kappa shape index (κ1) is 27.2. The summed E-state index contributed by atoms with van der Waals surface area (Å²) in [5.74, 6) is 2.34. The van der Waals surface area contributed by atoms with E-state index in [1.807, 2.05) is 41.9 Å². The van der Waals surface area contributed by atoms with Gasteiger partial charge in [0.05, 0.1) is 28.5 Å². The number of halogens is 1. The van der Waals surface area contributed by atoms with Crippen molar-refractivity contribution in [3.05, 3.63) is 47.3 Å². The number of ether oxygens (including phenoxy) is 1. The molecule has 5 rings (SSSR count). The number of nitrogens with one attached hydrogen (secondary N) is 2. The zero-order valence-corrected chi connectivity index (χ0v) is 24.9. The predicted molar refractivity (Wildman–Crippen MR) is 163 cm³/mol. The van der Waals surface area contributed by atoms with Crippen molar-refractivity contribution in [2.24, 2.45) is 0 Å². The molecule has 0 aliphatic carbocycles. The molecule has 3 aromatic heterocycles. The van der Waals surface area contributed by atoms with Crippen molar-refractivity contribution in [1.29, 1.82) is 0 Å². The molecule has 4 aromatic rings. The number of likely N-dealkylation sites (tertiary alicyclic amines) is 1. The summed E-state index contributed by atoms with van der Waals surface area (Å²) in [5.41, 5.74) is 4.04. The maximum absolute atomic E-state index is 5.63. The van der Waals surface area contributed by atoms with Crippen LogP contribution in [0, 0.1) is 0 Å². The van der Waals surface area contributed by atoms with Crippen LogP contribution < -0.4 is 24.6 Å². The Kier molecular flexibility index (Phi) is 8.19. The molecule has 2 N–H and O–H groups in total. The van der Waals surface area contributed by atoms with E-state index in [-0.39, 0.29) is 0 Å². The van der Waals surface area contributed by atoms with Crippen LogP contribution in [0.3, 0.4) is 0 Å². The third-order valence-corrected chi connectivity index (χ3v) is 8.07. The Balaban J connectivity index is 1.41. The first-order chi connectivity index (χ1) is 18.9. The van der Waals surface area contributed by atoms with Crippen molar-refractivity contribution in [3.8, 4) is 5.88 Å². The fourth-order valence-electron chi connectivity index (χ4n) is 4.59. The van der Waals surface area contributed by atoms with Crippen molar-refractivity contribution in [1.82, 2.24) is 29.8 Å². The summed E-state index contributed by atoms with van der Waals surface area (Å²) in [6, 6.07) is 8.27. The zero-order valence-electron chi connectivity index (χ0n) is 22.5. The number of hydrogen-bond donors (Lipinski definition) is 2. The summed E-state index contributed by atoms with van der Waals surface area (Å²) in [4.78, 5) is 27.5. The fourth-order valence-corrected chi connectivity index (χ4v) is 5.25. The number of methoxy groups -OCH3 is 1. The Hall–Kier alpha value is -3.42. The second kappa shape index (κ2) is 11.8. The molecule has 1 atom stereocenters. The lowest BCUT2D eigenvalue weighted by Crippen LogP contribution is -2.34. The van der Waals surface area contributed by atoms with Crippen LogP contribution in [-0.4, -0.2) is 83.5 Å². The molecule has 1 aromatic carbocycles. The highest BCUT2D eigenvalue weighted by Gasteiger charge is 2.25. The van der Waals surface area contributed by atoms with Crippen LogP contribution in [0.15, 0.2) is 47.3 Å². The van der Waals surface area contributed by atoms with Gasteiger partial charge in [-0.15, -0.1) is 0 Å². The van der Waals surface area contributed by atoms with Gasteiger partial charge in [0.1, 0.15) is 22.8 Å². The van der Waals surface area contributed by atoms with E-state index in [4.69, 9.17) is 14.7 Å². The highest BCUT2D eigenvalue weighted by molar-refractivity contribution is 9.10. The third-order valence-electron chi connectivity index (χ3n) is 6.76. The van der Waals surface area contributed by atoms with Crippen LogP contribution >= 0.6 is 27.9 Å². The molecule has 4 heterocycles. The van der Waals surface area contributed by atoms with E-state index >= 15 is 0 Å². The van der Waals surface area contributed by atoms with Gasteiger partial charge in [-0.3, -0.25) is 9.97 Å². The minimum atomic E-state index is 0.402. The average Bonchev–Trinajstić information content (AvgIpc) is 3.40. The van der Waals surface area contributed by atoms with Crippen LogP contribution in [0.5, 0.6) is 5.88 Å². The third kappa shape index (κ3) is 5.80. The Morgan fingerprint density at radius 3 is 2.59 bits per heavy atom. The lowest BCUT2D eigenvalue weighted by Gasteiger charge is -2.26. The summed E-state index contributed by atoms with van der Waals surface area (Å²) in [6.07, 6.45) is 8.21. The van der Waals surface area contributed by atoms with E-state index in [1.165, 1.54) is 0 Å². The molecule has 1 saturated heterocycles. The van der Waals surface area contributed by atoms with Gasteiger partial charge in [-0.1, -0.05) is 11.9 Å². The lowest BCUT2D eigenvalue weighted by atomic mass is 10.2. The monoisotopic (exact) mass is 610 g/mol. The van der Waals surface area contributed by atoms with E-state index in [1.54, 1.807) is 37.6 Å².